The van der Waals surface area contributed by atoms with Gasteiger partial charge in [-0.25, -0.2) is 9.97 Å². The van der Waals surface area contributed by atoms with E-state index in [0.717, 1.165) is 42.8 Å². The summed E-state index contributed by atoms with van der Waals surface area (Å²) in [6.45, 7) is 2.90. The van der Waals surface area contributed by atoms with Crippen molar-refractivity contribution < 1.29 is 18.0 Å². The number of rotatable bonds is 5. The largest absolute Gasteiger partial charge is 0.416 e. The van der Waals surface area contributed by atoms with E-state index in [1.807, 2.05) is 11.4 Å². The zero-order valence-electron chi connectivity index (χ0n) is 18.1. The molecule has 174 valence electrons. The Bertz CT molecular complexity index is 1350. The lowest BCUT2D eigenvalue weighted by Crippen LogP contribution is -2.18. The van der Waals surface area contributed by atoms with Crippen LogP contribution in [0, 0.1) is 0 Å². The van der Waals surface area contributed by atoms with Crippen LogP contribution in [0.15, 0.2) is 60.0 Å². The predicted octanol–water partition coefficient (Wildman–Crippen LogP) is 6.23. The predicted molar refractivity (Wildman–Crippen MR) is 127 cm³/mol. The van der Waals surface area contributed by atoms with Gasteiger partial charge in [0.15, 0.2) is 5.13 Å². The molecule has 1 aliphatic rings. The number of pyridine rings is 1. The number of para-hydroxylation sites is 1. The number of aromatic nitrogens is 2. The van der Waals surface area contributed by atoms with Gasteiger partial charge >= 0.3 is 6.18 Å². The molecule has 1 aliphatic heterocycles. The van der Waals surface area contributed by atoms with Gasteiger partial charge in [0, 0.05) is 22.9 Å². The van der Waals surface area contributed by atoms with Crippen LogP contribution in [-0.2, 0) is 12.7 Å². The first kappa shape index (κ1) is 22.5. The highest BCUT2D eigenvalue weighted by atomic mass is 32.1. The Morgan fingerprint density at radius 2 is 1.82 bits per heavy atom. The Balaban J connectivity index is 1.41. The Morgan fingerprint density at radius 3 is 2.62 bits per heavy atom. The number of fused-ring (bicyclic) bond motifs is 1. The van der Waals surface area contributed by atoms with E-state index in [1.165, 1.54) is 30.2 Å². The second kappa shape index (κ2) is 9.15. The molecule has 3 heterocycles. The number of hydrogen-bond donors (Lipinski definition) is 1. The normalized spacial score (nSPS) is 14.6. The maximum Gasteiger partial charge on any atom is 0.416 e. The van der Waals surface area contributed by atoms with Gasteiger partial charge in [-0.1, -0.05) is 30.3 Å². The van der Waals surface area contributed by atoms with Crippen LogP contribution in [-0.4, -0.2) is 33.9 Å². The number of alkyl halides is 3. The van der Waals surface area contributed by atoms with Crippen molar-refractivity contribution in [1.82, 2.24) is 14.9 Å². The fraction of sp³-hybridized carbons (Fsp3) is 0.240. The number of hydrogen-bond acceptors (Lipinski definition) is 5. The molecule has 0 aliphatic carbocycles. The van der Waals surface area contributed by atoms with Crippen LogP contribution in [0.2, 0.25) is 0 Å². The minimum absolute atomic E-state index is 0.332. The molecule has 0 radical (unpaired) electrons. The van der Waals surface area contributed by atoms with Gasteiger partial charge in [-0.05, 0) is 50.2 Å². The Labute approximate surface area is 198 Å². The summed E-state index contributed by atoms with van der Waals surface area (Å²) >= 11 is 1.37. The average molecular weight is 483 g/mol. The number of nitrogens with one attached hydrogen (secondary N) is 1. The fourth-order valence-corrected chi connectivity index (χ4v) is 4.81. The summed E-state index contributed by atoms with van der Waals surface area (Å²) in [5.41, 5.74) is 1.63. The molecular formula is C25H21F3N4OS. The van der Waals surface area contributed by atoms with E-state index in [1.54, 1.807) is 30.3 Å². The van der Waals surface area contributed by atoms with Crippen LogP contribution in [0.5, 0.6) is 0 Å². The molecule has 1 N–H and O–H groups in total. The summed E-state index contributed by atoms with van der Waals surface area (Å²) in [6.07, 6.45) is -2.05. The molecule has 34 heavy (non-hydrogen) atoms. The zero-order valence-corrected chi connectivity index (χ0v) is 18.9. The first-order chi connectivity index (χ1) is 16.4. The first-order valence-corrected chi connectivity index (χ1v) is 11.8. The van der Waals surface area contributed by atoms with Crippen molar-refractivity contribution in [3.05, 3.63) is 76.8 Å². The van der Waals surface area contributed by atoms with Crippen LogP contribution in [0.1, 0.15) is 34.5 Å². The van der Waals surface area contributed by atoms with E-state index < -0.39 is 11.7 Å². The van der Waals surface area contributed by atoms with Gasteiger partial charge in [0.05, 0.1) is 28.0 Å². The zero-order chi connectivity index (χ0) is 23.7. The maximum absolute atomic E-state index is 13.1. The van der Waals surface area contributed by atoms with Gasteiger partial charge in [-0.15, -0.1) is 11.3 Å². The molecule has 4 aromatic rings. The number of likely N-dealkylation sites (tertiary alicyclic amines) is 1. The van der Waals surface area contributed by atoms with Crippen LogP contribution in [0.4, 0.5) is 18.3 Å². The van der Waals surface area contributed by atoms with Crippen LogP contribution < -0.4 is 5.32 Å². The summed E-state index contributed by atoms with van der Waals surface area (Å²) in [5.74, 6) is -0.360. The van der Waals surface area contributed by atoms with Gasteiger partial charge in [0.25, 0.3) is 5.91 Å². The van der Waals surface area contributed by atoms with Crippen LogP contribution >= 0.6 is 11.3 Å². The molecule has 1 fully saturated rings. The SMILES string of the molecule is O=C(Nc1nc(CN2CCCC2)cs1)c1cccc2ccc(-c3cccc(C(F)(F)F)c3)nc12. The lowest BCUT2D eigenvalue weighted by molar-refractivity contribution is -0.137. The molecule has 0 bridgehead atoms. The minimum Gasteiger partial charge on any atom is -0.298 e. The monoisotopic (exact) mass is 482 g/mol. The smallest absolute Gasteiger partial charge is 0.298 e. The molecule has 5 nitrogen and oxygen atoms in total. The van der Waals surface area contributed by atoms with Gasteiger partial charge < -0.3 is 0 Å². The molecule has 0 unspecified atom stereocenters. The highest BCUT2D eigenvalue weighted by Gasteiger charge is 2.30. The van der Waals surface area contributed by atoms with E-state index in [4.69, 9.17) is 0 Å². The van der Waals surface area contributed by atoms with Crippen LogP contribution in [0.3, 0.4) is 0 Å². The molecule has 0 saturated carbocycles. The van der Waals surface area contributed by atoms with Crippen molar-refractivity contribution in [3.63, 3.8) is 0 Å². The highest BCUT2D eigenvalue weighted by Crippen LogP contribution is 2.32. The van der Waals surface area contributed by atoms with E-state index in [2.05, 4.69) is 20.2 Å². The van der Waals surface area contributed by atoms with E-state index >= 15 is 0 Å². The Kier molecular flexibility index (Phi) is 6.05. The van der Waals surface area contributed by atoms with Crippen molar-refractivity contribution in [2.24, 2.45) is 0 Å². The van der Waals surface area contributed by atoms with Crippen LogP contribution in [0.25, 0.3) is 22.2 Å². The third kappa shape index (κ3) is 4.80. The fourth-order valence-electron chi connectivity index (χ4n) is 4.12. The third-order valence-corrected chi connectivity index (χ3v) is 6.61. The Morgan fingerprint density at radius 1 is 1.03 bits per heavy atom. The van der Waals surface area contributed by atoms with E-state index in [-0.39, 0.29) is 5.91 Å². The standard InChI is InChI=1S/C25H21F3N4OS/c26-25(27,28)18-7-3-6-17(13-18)21-10-9-16-5-4-8-20(22(16)30-21)23(33)31-24-29-19(15-34-24)14-32-11-1-2-12-32/h3-10,13,15H,1-2,11-12,14H2,(H,29,31,33). The summed E-state index contributed by atoms with van der Waals surface area (Å²) in [4.78, 5) is 24.5. The quantitative estimate of drug-likeness (QED) is 0.367. The molecule has 5 rings (SSSR count). The van der Waals surface area contributed by atoms with Gasteiger partial charge in [0.1, 0.15) is 0 Å². The van der Waals surface area contributed by atoms with Crippen molar-refractivity contribution in [2.75, 3.05) is 18.4 Å². The molecule has 2 aromatic heterocycles. The molecule has 1 saturated heterocycles. The van der Waals surface area contributed by atoms with Gasteiger partial charge in [-0.3, -0.25) is 15.0 Å². The maximum atomic E-state index is 13.1. The number of amides is 1. The summed E-state index contributed by atoms with van der Waals surface area (Å²) in [5, 5.41) is 6.02. The number of thiazole rings is 1. The molecule has 1 amide bonds. The lowest BCUT2D eigenvalue weighted by atomic mass is 10.0. The second-order valence-corrected chi connectivity index (χ2v) is 9.09. The lowest BCUT2D eigenvalue weighted by Gasteiger charge is -2.11. The summed E-state index contributed by atoms with van der Waals surface area (Å²) in [7, 11) is 0. The molecule has 2 aromatic carbocycles. The topological polar surface area (TPSA) is 58.1 Å². The van der Waals surface area contributed by atoms with Crippen molar-refractivity contribution >= 4 is 33.3 Å². The van der Waals surface area contributed by atoms with Crippen molar-refractivity contribution in [1.29, 1.82) is 0 Å². The number of carbonyl (C=O) groups excluding carboxylic acids is 1. The summed E-state index contributed by atoms with van der Waals surface area (Å²) in [6, 6.07) is 13.6. The van der Waals surface area contributed by atoms with Crippen molar-refractivity contribution in [3.8, 4) is 11.3 Å². The number of halogens is 3. The highest BCUT2D eigenvalue weighted by molar-refractivity contribution is 7.14. The molecular weight excluding hydrogens is 461 g/mol. The number of carbonyl (C=O) groups is 1. The third-order valence-electron chi connectivity index (χ3n) is 5.81. The molecule has 0 spiro atoms. The second-order valence-electron chi connectivity index (χ2n) is 8.23. The minimum atomic E-state index is -4.45. The van der Waals surface area contributed by atoms with Gasteiger partial charge in [-0.2, -0.15) is 13.2 Å². The number of nitrogens with zero attached hydrogens (tertiary/aromatic N) is 3. The van der Waals surface area contributed by atoms with E-state index in [9.17, 15) is 18.0 Å². The first-order valence-electron chi connectivity index (χ1n) is 10.9. The summed E-state index contributed by atoms with van der Waals surface area (Å²) < 4.78 is 39.4. The van der Waals surface area contributed by atoms with Gasteiger partial charge in [0.2, 0.25) is 0 Å². The molecule has 0 atom stereocenters. The van der Waals surface area contributed by atoms with Crippen molar-refractivity contribution in [2.45, 2.75) is 25.6 Å². The average Bonchev–Trinajstić information content (AvgIpc) is 3.50. The number of anilines is 1. The Hall–Kier alpha value is -3.30. The van der Waals surface area contributed by atoms with E-state index in [0.29, 0.717) is 27.5 Å². The molecule has 9 heteroatoms. The number of benzene rings is 2.